The number of nitrogens with zero attached hydrogens (tertiary/aromatic N) is 2. The van der Waals surface area contributed by atoms with Crippen LogP contribution in [0.2, 0.25) is 0 Å². The average Bonchev–Trinajstić information content (AvgIpc) is 2.70. The molecule has 0 saturated carbocycles. The van der Waals surface area contributed by atoms with Crippen LogP contribution in [0.5, 0.6) is 0 Å². The molecule has 0 spiro atoms. The predicted octanol–water partition coefficient (Wildman–Crippen LogP) is 2.97. The summed E-state index contributed by atoms with van der Waals surface area (Å²) in [6.45, 7) is 3.42. The van der Waals surface area contributed by atoms with Gasteiger partial charge in [-0.2, -0.15) is 5.10 Å². The summed E-state index contributed by atoms with van der Waals surface area (Å²) in [4.78, 5) is 11.2. The maximum atomic E-state index is 11.2. The first-order valence-electron chi connectivity index (χ1n) is 5.33. The van der Waals surface area contributed by atoms with Crippen LogP contribution >= 0.6 is 15.9 Å². The van der Waals surface area contributed by atoms with Crippen molar-refractivity contribution in [2.45, 2.75) is 0 Å². The topological polar surface area (TPSA) is 46.9 Å². The molecule has 2 aromatic rings. The molecule has 1 N–H and O–H groups in total. The number of aromatic nitrogens is 2. The number of carbonyl (C=O) groups is 1. The van der Waals surface area contributed by atoms with E-state index in [2.05, 4.69) is 32.9 Å². The van der Waals surface area contributed by atoms with Gasteiger partial charge >= 0.3 is 0 Å². The van der Waals surface area contributed by atoms with Gasteiger partial charge in [0.1, 0.15) is 4.60 Å². The van der Waals surface area contributed by atoms with E-state index < -0.39 is 0 Å². The lowest BCUT2D eigenvalue weighted by Gasteiger charge is -2.03. The second-order valence-electron chi connectivity index (χ2n) is 3.75. The van der Waals surface area contributed by atoms with Crippen molar-refractivity contribution in [1.29, 1.82) is 0 Å². The van der Waals surface area contributed by atoms with E-state index in [-0.39, 0.29) is 5.91 Å². The summed E-state index contributed by atoms with van der Waals surface area (Å²) in [5.41, 5.74) is 2.51. The smallest absolute Gasteiger partial charge is 0.247 e. The summed E-state index contributed by atoms with van der Waals surface area (Å²) in [5.74, 6) is -0.227. The zero-order valence-corrected chi connectivity index (χ0v) is 11.4. The van der Waals surface area contributed by atoms with E-state index in [0.717, 1.165) is 21.5 Å². The van der Waals surface area contributed by atoms with Gasteiger partial charge in [-0.25, -0.2) is 0 Å². The van der Waals surface area contributed by atoms with Gasteiger partial charge in [0, 0.05) is 18.3 Å². The SMILES string of the molecule is C=CC(=O)Nc1cccc(-c2cc(Br)n(C)n2)c1. The number of rotatable bonds is 3. The summed E-state index contributed by atoms with van der Waals surface area (Å²) in [5, 5.41) is 7.08. The van der Waals surface area contributed by atoms with Crippen LogP contribution in [-0.4, -0.2) is 15.7 Å². The van der Waals surface area contributed by atoms with Crippen LogP contribution in [0.4, 0.5) is 5.69 Å². The molecule has 18 heavy (non-hydrogen) atoms. The molecule has 0 atom stereocenters. The highest BCUT2D eigenvalue weighted by atomic mass is 79.9. The van der Waals surface area contributed by atoms with Crippen LogP contribution in [-0.2, 0) is 11.8 Å². The number of carbonyl (C=O) groups excluding carboxylic acids is 1. The first-order valence-corrected chi connectivity index (χ1v) is 6.13. The van der Waals surface area contributed by atoms with E-state index in [1.165, 1.54) is 6.08 Å². The average molecular weight is 306 g/mol. The third kappa shape index (κ3) is 2.68. The highest BCUT2D eigenvalue weighted by molar-refractivity contribution is 9.10. The number of anilines is 1. The van der Waals surface area contributed by atoms with Crippen molar-refractivity contribution in [2.24, 2.45) is 7.05 Å². The number of aryl methyl sites for hydroxylation is 1. The molecule has 1 aromatic carbocycles. The quantitative estimate of drug-likeness (QED) is 0.886. The van der Waals surface area contributed by atoms with Crippen LogP contribution in [0, 0.1) is 0 Å². The highest BCUT2D eigenvalue weighted by Crippen LogP contribution is 2.24. The molecule has 0 bridgehead atoms. The van der Waals surface area contributed by atoms with Crippen LogP contribution in [0.3, 0.4) is 0 Å². The minimum Gasteiger partial charge on any atom is -0.323 e. The fourth-order valence-corrected chi connectivity index (χ4v) is 1.83. The van der Waals surface area contributed by atoms with Crippen LogP contribution in [0.1, 0.15) is 0 Å². The number of amides is 1. The maximum Gasteiger partial charge on any atom is 0.247 e. The molecular weight excluding hydrogens is 294 g/mol. The monoisotopic (exact) mass is 305 g/mol. The fraction of sp³-hybridized carbons (Fsp3) is 0.0769. The Bertz CT molecular complexity index is 585. The van der Waals surface area contributed by atoms with Crippen molar-refractivity contribution < 1.29 is 4.79 Å². The Morgan fingerprint density at radius 3 is 2.89 bits per heavy atom. The minimum atomic E-state index is -0.227. The molecule has 0 saturated heterocycles. The predicted molar refractivity (Wildman–Crippen MR) is 75.2 cm³/mol. The number of hydrogen-bond donors (Lipinski definition) is 1. The zero-order valence-electron chi connectivity index (χ0n) is 9.85. The Kier molecular flexibility index (Phi) is 3.62. The molecule has 92 valence electrons. The van der Waals surface area contributed by atoms with E-state index in [1.54, 1.807) is 4.68 Å². The Balaban J connectivity index is 2.32. The molecule has 0 fully saturated rings. The minimum absolute atomic E-state index is 0.227. The molecule has 0 aliphatic rings. The van der Waals surface area contributed by atoms with E-state index in [4.69, 9.17) is 0 Å². The third-order valence-electron chi connectivity index (χ3n) is 2.43. The van der Waals surface area contributed by atoms with Gasteiger partial charge in [0.2, 0.25) is 5.91 Å². The molecule has 1 amide bonds. The zero-order chi connectivity index (χ0) is 13.1. The first-order chi connectivity index (χ1) is 8.60. The van der Waals surface area contributed by atoms with Gasteiger partial charge in [-0.3, -0.25) is 9.48 Å². The molecule has 4 nitrogen and oxygen atoms in total. The Labute approximate surface area is 113 Å². The fourth-order valence-electron chi connectivity index (χ4n) is 1.54. The van der Waals surface area contributed by atoms with Gasteiger partial charge in [-0.1, -0.05) is 18.7 Å². The lowest BCUT2D eigenvalue weighted by atomic mass is 10.1. The van der Waals surface area contributed by atoms with Gasteiger partial charge in [0.15, 0.2) is 0 Å². The summed E-state index contributed by atoms with van der Waals surface area (Å²) in [6.07, 6.45) is 1.24. The van der Waals surface area contributed by atoms with E-state index in [9.17, 15) is 4.79 Å². The number of hydrogen-bond acceptors (Lipinski definition) is 2. The van der Waals surface area contributed by atoms with Gasteiger partial charge in [-0.05, 0) is 40.2 Å². The van der Waals surface area contributed by atoms with Gasteiger partial charge < -0.3 is 5.32 Å². The van der Waals surface area contributed by atoms with Crippen molar-refractivity contribution in [3.05, 3.63) is 47.6 Å². The Morgan fingerprint density at radius 1 is 1.50 bits per heavy atom. The molecular formula is C13H12BrN3O. The van der Waals surface area contributed by atoms with E-state index in [1.807, 2.05) is 37.4 Å². The summed E-state index contributed by atoms with van der Waals surface area (Å²) in [6, 6.07) is 9.43. The lowest BCUT2D eigenvalue weighted by Crippen LogP contribution is -2.06. The second-order valence-corrected chi connectivity index (χ2v) is 4.56. The van der Waals surface area contributed by atoms with Crippen LogP contribution in [0.15, 0.2) is 47.6 Å². The molecule has 1 aromatic heterocycles. The molecule has 0 unspecified atom stereocenters. The van der Waals surface area contributed by atoms with Gasteiger partial charge in [0.25, 0.3) is 0 Å². The van der Waals surface area contributed by atoms with E-state index >= 15 is 0 Å². The Hall–Kier alpha value is -1.88. The number of benzene rings is 1. The van der Waals surface area contributed by atoms with Crippen molar-refractivity contribution in [1.82, 2.24) is 9.78 Å². The molecule has 5 heteroatoms. The summed E-state index contributed by atoms with van der Waals surface area (Å²) < 4.78 is 2.64. The summed E-state index contributed by atoms with van der Waals surface area (Å²) in [7, 11) is 1.86. The number of nitrogens with one attached hydrogen (secondary N) is 1. The van der Waals surface area contributed by atoms with Crippen molar-refractivity contribution in [3.8, 4) is 11.3 Å². The van der Waals surface area contributed by atoms with Crippen molar-refractivity contribution in [3.63, 3.8) is 0 Å². The maximum absolute atomic E-state index is 11.2. The van der Waals surface area contributed by atoms with Crippen molar-refractivity contribution >= 4 is 27.5 Å². The van der Waals surface area contributed by atoms with Gasteiger partial charge in [-0.15, -0.1) is 0 Å². The van der Waals surface area contributed by atoms with Crippen LogP contribution in [0.25, 0.3) is 11.3 Å². The summed E-state index contributed by atoms with van der Waals surface area (Å²) >= 11 is 3.40. The molecule has 0 aliphatic heterocycles. The Morgan fingerprint density at radius 2 is 2.28 bits per heavy atom. The van der Waals surface area contributed by atoms with Gasteiger partial charge in [0.05, 0.1) is 5.69 Å². The van der Waals surface area contributed by atoms with Crippen molar-refractivity contribution in [2.75, 3.05) is 5.32 Å². The standard InChI is InChI=1S/C13H12BrN3O/c1-3-13(18)15-10-6-4-5-9(7-10)11-8-12(14)17(2)16-11/h3-8H,1H2,2H3,(H,15,18). The highest BCUT2D eigenvalue weighted by Gasteiger charge is 2.06. The first kappa shape index (κ1) is 12.6. The lowest BCUT2D eigenvalue weighted by molar-refractivity contribution is -0.111. The largest absolute Gasteiger partial charge is 0.323 e. The molecule has 1 heterocycles. The second kappa shape index (κ2) is 5.18. The normalized spacial score (nSPS) is 10.1. The molecule has 0 aliphatic carbocycles. The molecule has 0 radical (unpaired) electrons. The third-order valence-corrected chi connectivity index (χ3v) is 3.18. The number of halogens is 1. The molecule has 2 rings (SSSR count). The van der Waals surface area contributed by atoms with E-state index in [0.29, 0.717) is 0 Å². The van der Waals surface area contributed by atoms with Crippen LogP contribution < -0.4 is 5.32 Å².